The molecule has 0 spiro atoms. The summed E-state index contributed by atoms with van der Waals surface area (Å²) in [4.78, 5) is 15.0. The van der Waals surface area contributed by atoms with E-state index in [0.29, 0.717) is 36.0 Å². The van der Waals surface area contributed by atoms with E-state index in [2.05, 4.69) is 20.4 Å². The van der Waals surface area contributed by atoms with Crippen molar-refractivity contribution in [1.29, 1.82) is 0 Å². The fourth-order valence-corrected chi connectivity index (χ4v) is 3.71. The Bertz CT molecular complexity index is 1050. The number of nitrogens with one attached hydrogen (secondary N) is 1. The minimum absolute atomic E-state index is 0.212. The zero-order valence-corrected chi connectivity index (χ0v) is 18.5. The highest BCUT2D eigenvalue weighted by atomic mass is 16.5. The second-order valence-electron chi connectivity index (χ2n) is 7.53. The Hall–Kier alpha value is -3.61. The molecule has 1 aliphatic heterocycles. The first-order valence-corrected chi connectivity index (χ1v) is 11.1. The van der Waals surface area contributed by atoms with Gasteiger partial charge in [-0.15, -0.1) is 10.2 Å². The van der Waals surface area contributed by atoms with E-state index < -0.39 is 0 Å². The Kier molecular flexibility index (Phi) is 6.84. The lowest BCUT2D eigenvalue weighted by Gasteiger charge is -2.15. The van der Waals surface area contributed by atoms with Crippen molar-refractivity contribution in [3.8, 4) is 22.8 Å². The first-order chi connectivity index (χ1) is 15.7. The highest BCUT2D eigenvalue weighted by Gasteiger charge is 2.15. The summed E-state index contributed by atoms with van der Waals surface area (Å²) in [5, 5.41) is 11.7. The van der Waals surface area contributed by atoms with Gasteiger partial charge in [0.25, 0.3) is 5.91 Å². The molecule has 1 saturated heterocycles. The summed E-state index contributed by atoms with van der Waals surface area (Å²) in [6.07, 6.45) is 2.42. The minimum atomic E-state index is -0.212. The first kappa shape index (κ1) is 21.6. The number of rotatable bonds is 8. The van der Waals surface area contributed by atoms with E-state index in [4.69, 9.17) is 9.47 Å². The summed E-state index contributed by atoms with van der Waals surface area (Å²) in [7, 11) is 0. The van der Waals surface area contributed by atoms with Crippen LogP contribution in [0.4, 0.5) is 11.5 Å². The molecule has 0 saturated carbocycles. The fraction of sp³-hybridized carbons (Fsp3) is 0.320. The SMILES string of the molecule is CCOc1ccc(C(=O)Nc2ccc(-c3ccc(N4CCCC4)nn3)cc2)cc1OCC. The van der Waals surface area contributed by atoms with Crippen LogP contribution in [0.25, 0.3) is 11.3 Å². The normalized spacial score (nSPS) is 13.1. The maximum absolute atomic E-state index is 12.7. The predicted octanol–water partition coefficient (Wildman–Crippen LogP) is 4.79. The third-order valence-corrected chi connectivity index (χ3v) is 5.32. The molecule has 4 rings (SSSR count). The first-order valence-electron chi connectivity index (χ1n) is 11.1. The van der Waals surface area contributed by atoms with Crippen LogP contribution in [0.1, 0.15) is 37.0 Å². The molecule has 0 atom stereocenters. The van der Waals surface area contributed by atoms with E-state index >= 15 is 0 Å². The Morgan fingerprint density at radius 1 is 0.906 bits per heavy atom. The topological polar surface area (TPSA) is 76.6 Å². The molecule has 1 aromatic heterocycles. The average Bonchev–Trinajstić information content (AvgIpc) is 3.36. The lowest BCUT2D eigenvalue weighted by Crippen LogP contribution is -2.19. The standard InChI is InChI=1S/C25H28N4O3/c1-3-31-22-13-9-19(17-23(22)32-4-2)25(30)26-20-10-7-18(8-11-20)21-12-14-24(28-27-21)29-15-5-6-16-29/h7-14,17H,3-6,15-16H2,1-2H3,(H,26,30). The van der Waals surface area contributed by atoms with Gasteiger partial charge in [0.1, 0.15) is 0 Å². The minimum Gasteiger partial charge on any atom is -0.490 e. The number of nitrogens with zero attached hydrogens (tertiary/aromatic N) is 3. The molecule has 0 bridgehead atoms. The molecule has 2 aromatic carbocycles. The molecule has 3 aromatic rings. The number of anilines is 2. The van der Waals surface area contributed by atoms with Crippen LogP contribution in [0.2, 0.25) is 0 Å². The van der Waals surface area contributed by atoms with Gasteiger partial charge in [0, 0.05) is 29.9 Å². The lowest BCUT2D eigenvalue weighted by atomic mass is 10.1. The molecule has 0 unspecified atom stereocenters. The molecule has 1 aliphatic rings. The van der Waals surface area contributed by atoms with Crippen LogP contribution in [-0.2, 0) is 0 Å². The zero-order valence-electron chi connectivity index (χ0n) is 18.5. The van der Waals surface area contributed by atoms with Crippen LogP contribution < -0.4 is 19.7 Å². The van der Waals surface area contributed by atoms with Gasteiger partial charge in [-0.05, 0) is 69.2 Å². The molecular formula is C25H28N4O3. The number of hydrogen-bond acceptors (Lipinski definition) is 6. The van der Waals surface area contributed by atoms with Crippen LogP contribution >= 0.6 is 0 Å². The molecule has 1 fully saturated rings. The number of carbonyl (C=O) groups is 1. The van der Waals surface area contributed by atoms with Crippen LogP contribution in [0.5, 0.6) is 11.5 Å². The zero-order chi connectivity index (χ0) is 22.3. The van der Waals surface area contributed by atoms with Crippen molar-refractivity contribution in [2.24, 2.45) is 0 Å². The molecular weight excluding hydrogens is 404 g/mol. The maximum Gasteiger partial charge on any atom is 0.255 e. The van der Waals surface area contributed by atoms with Gasteiger partial charge in [0.05, 0.1) is 18.9 Å². The van der Waals surface area contributed by atoms with Crippen molar-refractivity contribution in [3.05, 3.63) is 60.2 Å². The van der Waals surface area contributed by atoms with Gasteiger partial charge in [-0.25, -0.2) is 0 Å². The second-order valence-corrected chi connectivity index (χ2v) is 7.53. The number of amides is 1. The van der Waals surface area contributed by atoms with Crippen molar-refractivity contribution >= 4 is 17.4 Å². The third kappa shape index (κ3) is 4.99. The van der Waals surface area contributed by atoms with Crippen molar-refractivity contribution in [1.82, 2.24) is 10.2 Å². The van der Waals surface area contributed by atoms with Crippen molar-refractivity contribution in [2.75, 3.05) is 36.5 Å². The number of hydrogen-bond donors (Lipinski definition) is 1. The van der Waals surface area contributed by atoms with Crippen LogP contribution in [0.15, 0.2) is 54.6 Å². The number of carbonyl (C=O) groups excluding carboxylic acids is 1. The smallest absolute Gasteiger partial charge is 0.255 e. The van der Waals surface area contributed by atoms with E-state index in [9.17, 15) is 4.79 Å². The Balaban J connectivity index is 1.43. The van der Waals surface area contributed by atoms with E-state index in [1.165, 1.54) is 12.8 Å². The van der Waals surface area contributed by atoms with Gasteiger partial charge in [-0.2, -0.15) is 0 Å². The van der Waals surface area contributed by atoms with E-state index in [1.807, 2.05) is 50.2 Å². The monoisotopic (exact) mass is 432 g/mol. The molecule has 0 radical (unpaired) electrons. The van der Waals surface area contributed by atoms with Crippen LogP contribution in [0.3, 0.4) is 0 Å². The van der Waals surface area contributed by atoms with Crippen LogP contribution in [0, 0.1) is 0 Å². The quantitative estimate of drug-likeness (QED) is 0.551. The highest BCUT2D eigenvalue weighted by molar-refractivity contribution is 6.04. The summed E-state index contributed by atoms with van der Waals surface area (Å²) in [5.41, 5.74) is 2.96. The molecule has 2 heterocycles. The number of ether oxygens (including phenoxy) is 2. The van der Waals surface area contributed by atoms with E-state index in [0.717, 1.165) is 30.2 Å². The molecule has 1 amide bonds. The third-order valence-electron chi connectivity index (χ3n) is 5.32. The molecule has 1 N–H and O–H groups in total. The maximum atomic E-state index is 12.7. The van der Waals surface area contributed by atoms with Crippen LogP contribution in [-0.4, -0.2) is 42.4 Å². The summed E-state index contributed by atoms with van der Waals surface area (Å²) in [5.74, 6) is 1.91. The van der Waals surface area contributed by atoms with Gasteiger partial charge in [0.2, 0.25) is 0 Å². The average molecular weight is 433 g/mol. The molecule has 7 heteroatoms. The predicted molar refractivity (Wildman–Crippen MR) is 126 cm³/mol. The fourth-order valence-electron chi connectivity index (χ4n) is 3.71. The Morgan fingerprint density at radius 3 is 2.28 bits per heavy atom. The highest BCUT2D eigenvalue weighted by Crippen LogP contribution is 2.29. The largest absolute Gasteiger partial charge is 0.490 e. The van der Waals surface area contributed by atoms with Crippen molar-refractivity contribution in [2.45, 2.75) is 26.7 Å². The summed E-state index contributed by atoms with van der Waals surface area (Å²) in [6.45, 7) is 6.92. The van der Waals surface area contributed by atoms with Crippen molar-refractivity contribution < 1.29 is 14.3 Å². The van der Waals surface area contributed by atoms with Gasteiger partial charge < -0.3 is 19.7 Å². The Labute approximate surface area is 188 Å². The summed E-state index contributed by atoms with van der Waals surface area (Å²) < 4.78 is 11.2. The van der Waals surface area contributed by atoms with Gasteiger partial charge >= 0.3 is 0 Å². The Morgan fingerprint density at radius 2 is 1.62 bits per heavy atom. The molecule has 0 aliphatic carbocycles. The van der Waals surface area contributed by atoms with Gasteiger partial charge in [0.15, 0.2) is 17.3 Å². The molecule has 166 valence electrons. The van der Waals surface area contributed by atoms with E-state index in [1.54, 1.807) is 18.2 Å². The molecule has 7 nitrogen and oxygen atoms in total. The summed E-state index contributed by atoms with van der Waals surface area (Å²) in [6, 6.07) is 16.8. The van der Waals surface area contributed by atoms with Gasteiger partial charge in [-0.3, -0.25) is 4.79 Å². The van der Waals surface area contributed by atoms with E-state index in [-0.39, 0.29) is 5.91 Å². The summed E-state index contributed by atoms with van der Waals surface area (Å²) >= 11 is 0. The molecule has 32 heavy (non-hydrogen) atoms. The van der Waals surface area contributed by atoms with Gasteiger partial charge in [-0.1, -0.05) is 12.1 Å². The second kappa shape index (κ2) is 10.1. The number of benzene rings is 2. The number of aromatic nitrogens is 2. The van der Waals surface area contributed by atoms with Crippen molar-refractivity contribution in [3.63, 3.8) is 0 Å². The lowest BCUT2D eigenvalue weighted by molar-refractivity contribution is 0.102.